The van der Waals surface area contributed by atoms with Gasteiger partial charge in [0, 0.05) is 5.56 Å². The monoisotopic (exact) mass is 288 g/mol. The van der Waals surface area contributed by atoms with Crippen LogP contribution in [0.15, 0.2) is 22.7 Å². The van der Waals surface area contributed by atoms with Crippen LogP contribution in [0.25, 0.3) is 0 Å². The van der Waals surface area contributed by atoms with Crippen molar-refractivity contribution in [3.63, 3.8) is 0 Å². The topological polar surface area (TPSA) is 17.1 Å². The Morgan fingerprint density at radius 2 is 2.33 bits per heavy atom. The molecule has 2 rings (SSSR count). The number of hydrogen-bond donors (Lipinski definition) is 0. The molecule has 0 amide bonds. The third kappa shape index (κ3) is 2.26. The normalized spacial score (nSPS) is 20.5. The highest BCUT2D eigenvalue weighted by Gasteiger charge is 2.26. The molecule has 1 nitrogen and oxygen atoms in total. The molecule has 0 bridgehead atoms. The SMILES string of the molecule is O=C(c1cccc(F)c1Br)C1CCCS1. The number of hydrogen-bond acceptors (Lipinski definition) is 2. The molecular formula is C11H10BrFOS. The van der Waals surface area contributed by atoms with E-state index in [0.29, 0.717) is 10.0 Å². The fourth-order valence-corrected chi connectivity index (χ4v) is 3.34. The van der Waals surface area contributed by atoms with Crippen LogP contribution < -0.4 is 0 Å². The molecule has 1 fully saturated rings. The standard InChI is InChI=1S/C11H10BrFOS/c12-10-7(3-1-4-8(10)13)11(14)9-5-2-6-15-9/h1,3-4,9H,2,5-6H2. The van der Waals surface area contributed by atoms with Crippen LogP contribution in [0.1, 0.15) is 23.2 Å². The second-order valence-electron chi connectivity index (χ2n) is 3.47. The number of thioether (sulfide) groups is 1. The van der Waals surface area contributed by atoms with Crippen LogP contribution in [0.4, 0.5) is 4.39 Å². The predicted octanol–water partition coefficient (Wildman–Crippen LogP) is 3.67. The highest BCUT2D eigenvalue weighted by atomic mass is 79.9. The molecule has 4 heteroatoms. The fraction of sp³-hybridized carbons (Fsp3) is 0.364. The van der Waals surface area contributed by atoms with Crippen molar-refractivity contribution in [3.05, 3.63) is 34.1 Å². The van der Waals surface area contributed by atoms with Gasteiger partial charge in [-0.1, -0.05) is 12.1 Å². The molecule has 1 atom stereocenters. The van der Waals surface area contributed by atoms with Crippen molar-refractivity contribution < 1.29 is 9.18 Å². The minimum absolute atomic E-state index is 0.0168. The van der Waals surface area contributed by atoms with Crippen LogP contribution >= 0.6 is 27.7 Å². The Bertz CT molecular complexity index is 388. The van der Waals surface area contributed by atoms with Gasteiger partial charge in [0.05, 0.1) is 9.72 Å². The Morgan fingerprint density at radius 3 is 3.00 bits per heavy atom. The van der Waals surface area contributed by atoms with Crippen molar-refractivity contribution in [3.8, 4) is 0 Å². The van der Waals surface area contributed by atoms with Crippen LogP contribution in [0.3, 0.4) is 0 Å². The average Bonchev–Trinajstić information content (AvgIpc) is 2.74. The van der Waals surface area contributed by atoms with Gasteiger partial charge < -0.3 is 0 Å². The molecule has 0 saturated carbocycles. The minimum Gasteiger partial charge on any atom is -0.293 e. The molecular weight excluding hydrogens is 279 g/mol. The highest BCUT2D eigenvalue weighted by molar-refractivity contribution is 9.10. The van der Waals surface area contributed by atoms with Gasteiger partial charge in [0.15, 0.2) is 5.78 Å². The van der Waals surface area contributed by atoms with Gasteiger partial charge in [-0.2, -0.15) is 11.8 Å². The van der Waals surface area contributed by atoms with Crippen molar-refractivity contribution in [2.24, 2.45) is 0 Å². The lowest BCUT2D eigenvalue weighted by Crippen LogP contribution is -2.15. The van der Waals surface area contributed by atoms with E-state index < -0.39 is 0 Å². The van der Waals surface area contributed by atoms with Gasteiger partial charge in [0.25, 0.3) is 0 Å². The molecule has 1 aliphatic heterocycles. The average molecular weight is 289 g/mol. The number of carbonyl (C=O) groups is 1. The smallest absolute Gasteiger partial charge is 0.177 e. The zero-order valence-corrected chi connectivity index (χ0v) is 10.4. The summed E-state index contributed by atoms with van der Waals surface area (Å²) in [5.74, 6) is 0.705. The van der Waals surface area contributed by atoms with Crippen LogP contribution in [0, 0.1) is 5.82 Å². The number of rotatable bonds is 2. The van der Waals surface area contributed by atoms with E-state index >= 15 is 0 Å². The van der Waals surface area contributed by atoms with E-state index in [1.807, 2.05) is 0 Å². The molecule has 0 aromatic heterocycles. The molecule has 0 spiro atoms. The summed E-state index contributed by atoms with van der Waals surface area (Å²) in [5.41, 5.74) is 0.467. The quantitative estimate of drug-likeness (QED) is 0.773. The number of benzene rings is 1. The van der Waals surface area contributed by atoms with Gasteiger partial charge in [0.1, 0.15) is 5.82 Å². The third-order valence-electron chi connectivity index (χ3n) is 2.44. The first-order valence-corrected chi connectivity index (χ1v) is 6.64. The maximum Gasteiger partial charge on any atom is 0.177 e. The van der Waals surface area contributed by atoms with Crippen LogP contribution in [-0.4, -0.2) is 16.8 Å². The Labute approximate surface area is 101 Å². The van der Waals surface area contributed by atoms with E-state index in [0.717, 1.165) is 18.6 Å². The van der Waals surface area contributed by atoms with Crippen LogP contribution in [0.2, 0.25) is 0 Å². The lowest BCUT2D eigenvalue weighted by Gasteiger charge is -2.09. The summed E-state index contributed by atoms with van der Waals surface area (Å²) >= 11 is 4.79. The van der Waals surface area contributed by atoms with Crippen molar-refractivity contribution in [1.29, 1.82) is 0 Å². The van der Waals surface area contributed by atoms with E-state index in [1.165, 1.54) is 6.07 Å². The maximum absolute atomic E-state index is 13.2. The molecule has 15 heavy (non-hydrogen) atoms. The molecule has 1 heterocycles. The van der Waals surface area contributed by atoms with Crippen molar-refractivity contribution >= 4 is 33.5 Å². The molecule has 0 N–H and O–H groups in total. The predicted molar refractivity (Wildman–Crippen MR) is 63.9 cm³/mol. The van der Waals surface area contributed by atoms with Crippen molar-refractivity contribution in [2.75, 3.05) is 5.75 Å². The van der Waals surface area contributed by atoms with E-state index in [9.17, 15) is 9.18 Å². The Balaban J connectivity index is 2.28. The summed E-state index contributed by atoms with van der Waals surface area (Å²) in [6.07, 6.45) is 1.99. The lowest BCUT2D eigenvalue weighted by atomic mass is 10.1. The van der Waals surface area contributed by atoms with Gasteiger partial charge in [-0.25, -0.2) is 4.39 Å². The van der Waals surface area contributed by atoms with Gasteiger partial charge in [-0.15, -0.1) is 0 Å². The molecule has 1 saturated heterocycles. The van der Waals surface area contributed by atoms with Crippen molar-refractivity contribution in [1.82, 2.24) is 0 Å². The summed E-state index contributed by atoms with van der Waals surface area (Å²) in [4.78, 5) is 12.0. The summed E-state index contributed by atoms with van der Waals surface area (Å²) in [5, 5.41) is 0.0168. The van der Waals surface area contributed by atoms with Crippen LogP contribution in [-0.2, 0) is 0 Å². The van der Waals surface area contributed by atoms with E-state index in [-0.39, 0.29) is 16.9 Å². The summed E-state index contributed by atoms with van der Waals surface area (Å²) in [6.45, 7) is 0. The van der Waals surface area contributed by atoms with E-state index in [2.05, 4.69) is 15.9 Å². The first-order chi connectivity index (χ1) is 7.20. The molecule has 1 aliphatic rings. The first-order valence-electron chi connectivity index (χ1n) is 4.80. The highest BCUT2D eigenvalue weighted by Crippen LogP contribution is 2.31. The number of halogens is 2. The van der Waals surface area contributed by atoms with Gasteiger partial charge >= 0.3 is 0 Å². The Kier molecular flexibility index (Phi) is 3.46. The Morgan fingerprint density at radius 1 is 1.53 bits per heavy atom. The van der Waals surface area contributed by atoms with Gasteiger partial charge in [-0.05, 0) is 40.6 Å². The second kappa shape index (κ2) is 4.66. The largest absolute Gasteiger partial charge is 0.293 e. The zero-order valence-electron chi connectivity index (χ0n) is 8.00. The first kappa shape index (κ1) is 11.1. The maximum atomic E-state index is 13.2. The lowest BCUT2D eigenvalue weighted by molar-refractivity contribution is 0.0987. The fourth-order valence-electron chi connectivity index (χ4n) is 1.65. The molecule has 1 aromatic rings. The number of Topliss-reactive ketones (excluding diaryl/α,β-unsaturated/α-hetero) is 1. The minimum atomic E-state index is -0.371. The number of carbonyl (C=O) groups excluding carboxylic acids is 1. The molecule has 1 aromatic carbocycles. The van der Waals surface area contributed by atoms with Crippen molar-refractivity contribution in [2.45, 2.75) is 18.1 Å². The van der Waals surface area contributed by atoms with Gasteiger partial charge in [-0.3, -0.25) is 4.79 Å². The second-order valence-corrected chi connectivity index (χ2v) is 5.57. The van der Waals surface area contributed by atoms with E-state index in [1.54, 1.807) is 23.9 Å². The van der Waals surface area contributed by atoms with Crippen LogP contribution in [0.5, 0.6) is 0 Å². The third-order valence-corrected chi connectivity index (χ3v) is 4.62. The summed E-state index contributed by atoms with van der Waals surface area (Å²) in [6, 6.07) is 4.60. The zero-order chi connectivity index (χ0) is 10.8. The van der Waals surface area contributed by atoms with Gasteiger partial charge in [0.2, 0.25) is 0 Å². The Hall–Kier alpha value is -0.350. The molecule has 80 valence electrons. The molecule has 0 radical (unpaired) electrons. The molecule has 0 aliphatic carbocycles. The summed E-state index contributed by atoms with van der Waals surface area (Å²) < 4.78 is 13.5. The summed E-state index contributed by atoms with van der Waals surface area (Å²) in [7, 11) is 0. The van der Waals surface area contributed by atoms with E-state index in [4.69, 9.17) is 0 Å². The number of ketones is 1. The molecule has 1 unspecified atom stereocenters.